The van der Waals surface area contributed by atoms with Crippen molar-refractivity contribution in [3.63, 3.8) is 0 Å². The van der Waals surface area contributed by atoms with Crippen LogP contribution in [0, 0.1) is 0 Å². The summed E-state index contributed by atoms with van der Waals surface area (Å²) >= 11 is 17.4. The summed E-state index contributed by atoms with van der Waals surface area (Å²) in [6, 6.07) is 2.04. The van der Waals surface area contributed by atoms with Crippen molar-refractivity contribution in [3.05, 3.63) is 27.2 Å². The molecule has 0 saturated carbocycles. The summed E-state index contributed by atoms with van der Waals surface area (Å²) < 4.78 is 9.77. The first-order valence-corrected chi connectivity index (χ1v) is 7.47. The summed E-state index contributed by atoms with van der Waals surface area (Å²) in [6.45, 7) is 0.938. The maximum Gasteiger partial charge on any atom is 0.344 e. The van der Waals surface area contributed by atoms with E-state index in [0.717, 1.165) is 0 Å². The number of urea groups is 1. The van der Waals surface area contributed by atoms with E-state index in [1.807, 2.05) is 5.32 Å². The Morgan fingerprint density at radius 2 is 1.70 bits per heavy atom. The number of imide groups is 1. The van der Waals surface area contributed by atoms with Gasteiger partial charge in [0, 0.05) is 12.6 Å². The number of ether oxygens (including phenoxy) is 2. The van der Waals surface area contributed by atoms with Gasteiger partial charge in [-0.3, -0.25) is 10.1 Å². The van der Waals surface area contributed by atoms with Crippen LogP contribution < -0.4 is 15.4 Å². The zero-order valence-corrected chi connectivity index (χ0v) is 14.2. The Balaban J connectivity index is 2.39. The second-order valence-electron chi connectivity index (χ2n) is 4.05. The molecular weight excluding hydrogens is 371 g/mol. The molecule has 0 saturated heterocycles. The number of benzene rings is 1. The molecule has 1 aromatic rings. The third kappa shape index (κ3) is 6.94. The van der Waals surface area contributed by atoms with Crippen LogP contribution >= 0.6 is 34.8 Å². The zero-order valence-electron chi connectivity index (χ0n) is 12.0. The number of carbonyl (C=O) groups is 3. The Hall–Kier alpha value is -1.70. The number of rotatable bonds is 6. The summed E-state index contributed by atoms with van der Waals surface area (Å²) in [4.78, 5) is 33.8. The molecule has 0 aromatic heterocycles. The van der Waals surface area contributed by atoms with Gasteiger partial charge in [0.15, 0.2) is 13.2 Å². The SMILES string of the molecule is CCNC(=O)NC(=O)COC(=O)COc1cc(Cl)c(Cl)cc1Cl. The van der Waals surface area contributed by atoms with Gasteiger partial charge >= 0.3 is 12.0 Å². The van der Waals surface area contributed by atoms with Crippen molar-refractivity contribution >= 4 is 52.7 Å². The highest BCUT2D eigenvalue weighted by Crippen LogP contribution is 2.33. The van der Waals surface area contributed by atoms with Crippen molar-refractivity contribution < 1.29 is 23.9 Å². The highest BCUT2D eigenvalue weighted by Gasteiger charge is 2.13. The van der Waals surface area contributed by atoms with E-state index in [9.17, 15) is 14.4 Å². The number of carbonyl (C=O) groups excluding carboxylic acids is 3. The molecule has 10 heteroatoms. The van der Waals surface area contributed by atoms with Crippen LogP contribution in [0.1, 0.15) is 6.92 Å². The second-order valence-corrected chi connectivity index (χ2v) is 5.28. The molecule has 0 aliphatic heterocycles. The quantitative estimate of drug-likeness (QED) is 0.581. The molecule has 126 valence electrons. The maximum absolute atomic E-state index is 11.5. The second kappa shape index (κ2) is 9.44. The van der Waals surface area contributed by atoms with Crippen LogP contribution in [0.2, 0.25) is 15.1 Å². The third-order valence-corrected chi connectivity index (χ3v) is 3.29. The van der Waals surface area contributed by atoms with Crippen molar-refractivity contribution in [2.24, 2.45) is 0 Å². The smallest absolute Gasteiger partial charge is 0.344 e. The van der Waals surface area contributed by atoms with Crippen molar-refractivity contribution in [2.75, 3.05) is 19.8 Å². The Morgan fingerprint density at radius 3 is 2.35 bits per heavy atom. The van der Waals surface area contributed by atoms with Gasteiger partial charge in [0.05, 0.1) is 15.1 Å². The van der Waals surface area contributed by atoms with Crippen molar-refractivity contribution in [2.45, 2.75) is 6.92 Å². The summed E-state index contributed by atoms with van der Waals surface area (Å²) in [5, 5.41) is 4.95. The molecule has 0 fully saturated rings. The Morgan fingerprint density at radius 1 is 1.04 bits per heavy atom. The molecule has 0 bridgehead atoms. The van der Waals surface area contributed by atoms with E-state index in [1.54, 1.807) is 6.92 Å². The van der Waals surface area contributed by atoms with Crippen LogP contribution in [0.15, 0.2) is 12.1 Å². The van der Waals surface area contributed by atoms with Crippen molar-refractivity contribution in [1.29, 1.82) is 0 Å². The Labute approximate surface area is 147 Å². The molecular formula is C13H13Cl3N2O5. The molecule has 3 amide bonds. The van der Waals surface area contributed by atoms with E-state index in [4.69, 9.17) is 39.5 Å². The normalized spacial score (nSPS) is 9.91. The highest BCUT2D eigenvalue weighted by atomic mass is 35.5. The van der Waals surface area contributed by atoms with Crippen LogP contribution in [0.5, 0.6) is 5.75 Å². The summed E-state index contributed by atoms with van der Waals surface area (Å²) in [5.74, 6) is -1.44. The van der Waals surface area contributed by atoms with E-state index in [1.165, 1.54) is 12.1 Å². The summed E-state index contributed by atoms with van der Waals surface area (Å²) in [5.41, 5.74) is 0. The number of hydrogen-bond acceptors (Lipinski definition) is 5. The van der Waals surface area contributed by atoms with E-state index >= 15 is 0 Å². The van der Waals surface area contributed by atoms with Gasteiger partial charge < -0.3 is 14.8 Å². The molecule has 0 aliphatic carbocycles. The number of amides is 3. The van der Waals surface area contributed by atoms with Gasteiger partial charge in [-0.15, -0.1) is 0 Å². The predicted molar refractivity (Wildman–Crippen MR) is 85.1 cm³/mol. The minimum atomic E-state index is -0.821. The molecule has 23 heavy (non-hydrogen) atoms. The van der Waals surface area contributed by atoms with Gasteiger partial charge in [0.1, 0.15) is 5.75 Å². The number of halogens is 3. The topological polar surface area (TPSA) is 93.7 Å². The fourth-order valence-electron chi connectivity index (χ4n) is 1.31. The molecule has 0 atom stereocenters. The minimum Gasteiger partial charge on any atom is -0.480 e. The van der Waals surface area contributed by atoms with Crippen LogP contribution in [0.4, 0.5) is 4.79 Å². The summed E-state index contributed by atoms with van der Waals surface area (Å²) in [6.07, 6.45) is 0. The van der Waals surface area contributed by atoms with Gasteiger partial charge in [0.2, 0.25) is 0 Å². The lowest BCUT2D eigenvalue weighted by Gasteiger charge is -2.09. The average molecular weight is 384 g/mol. The highest BCUT2D eigenvalue weighted by molar-refractivity contribution is 6.43. The molecule has 7 nitrogen and oxygen atoms in total. The van der Waals surface area contributed by atoms with Crippen molar-refractivity contribution in [3.8, 4) is 5.75 Å². The largest absolute Gasteiger partial charge is 0.480 e. The van der Waals surface area contributed by atoms with E-state index < -0.39 is 31.1 Å². The maximum atomic E-state index is 11.5. The van der Waals surface area contributed by atoms with Crippen LogP contribution in [0.3, 0.4) is 0 Å². The molecule has 0 spiro atoms. The molecule has 0 unspecified atom stereocenters. The predicted octanol–water partition coefficient (Wildman–Crippen LogP) is 2.41. The fourth-order valence-corrected chi connectivity index (χ4v) is 1.90. The van der Waals surface area contributed by atoms with Crippen molar-refractivity contribution in [1.82, 2.24) is 10.6 Å². The van der Waals surface area contributed by atoms with Crippen LogP contribution in [0.25, 0.3) is 0 Å². The van der Waals surface area contributed by atoms with Gasteiger partial charge in [-0.25, -0.2) is 9.59 Å². The number of hydrogen-bond donors (Lipinski definition) is 2. The van der Waals surface area contributed by atoms with Crippen LogP contribution in [-0.2, 0) is 14.3 Å². The first-order valence-electron chi connectivity index (χ1n) is 6.34. The van der Waals surface area contributed by atoms with Gasteiger partial charge in [-0.1, -0.05) is 34.8 Å². The third-order valence-electron chi connectivity index (χ3n) is 2.27. The van der Waals surface area contributed by atoms with Crippen LogP contribution in [-0.4, -0.2) is 37.7 Å². The van der Waals surface area contributed by atoms with Gasteiger partial charge in [-0.2, -0.15) is 0 Å². The molecule has 1 rings (SSSR count). The lowest BCUT2D eigenvalue weighted by molar-refractivity contribution is -0.150. The molecule has 0 aliphatic rings. The number of nitrogens with one attached hydrogen (secondary N) is 2. The fraction of sp³-hybridized carbons (Fsp3) is 0.308. The van der Waals surface area contributed by atoms with E-state index in [0.29, 0.717) is 6.54 Å². The first-order chi connectivity index (χ1) is 10.8. The molecule has 2 N–H and O–H groups in total. The van der Waals surface area contributed by atoms with Gasteiger partial charge in [-0.05, 0) is 13.0 Å². The monoisotopic (exact) mass is 382 g/mol. The zero-order chi connectivity index (χ0) is 17.4. The Kier molecular flexibility index (Phi) is 7.94. The lowest BCUT2D eigenvalue weighted by atomic mass is 10.3. The van der Waals surface area contributed by atoms with E-state index in [-0.39, 0.29) is 20.8 Å². The van der Waals surface area contributed by atoms with E-state index in [2.05, 4.69) is 10.1 Å². The lowest BCUT2D eigenvalue weighted by Crippen LogP contribution is -2.41. The standard InChI is InChI=1S/C13H13Cl3N2O5/c1-2-17-13(21)18-11(19)5-23-12(20)6-22-10-4-8(15)7(14)3-9(10)16/h3-4H,2,5-6H2,1H3,(H2,17,18,19,21). The summed E-state index contributed by atoms with van der Waals surface area (Å²) in [7, 11) is 0. The molecule has 0 heterocycles. The molecule has 1 aromatic carbocycles. The number of esters is 1. The average Bonchev–Trinajstić information content (AvgIpc) is 2.47. The minimum absolute atomic E-state index is 0.143. The Bertz CT molecular complexity index is 610. The first kappa shape index (κ1) is 19.3. The van der Waals surface area contributed by atoms with Gasteiger partial charge in [0.25, 0.3) is 5.91 Å². The molecule has 0 radical (unpaired) electrons.